The van der Waals surface area contributed by atoms with Gasteiger partial charge >= 0.3 is 0 Å². The van der Waals surface area contributed by atoms with Crippen molar-refractivity contribution in [2.24, 2.45) is 28.6 Å². The molecular formula is C21H36O4. The summed E-state index contributed by atoms with van der Waals surface area (Å²) in [5.41, 5.74) is 0.542. The van der Waals surface area contributed by atoms with Crippen LogP contribution in [0.15, 0.2) is 0 Å². The van der Waals surface area contributed by atoms with E-state index < -0.39 is 6.10 Å². The van der Waals surface area contributed by atoms with E-state index in [0.29, 0.717) is 17.8 Å². The molecule has 1 heterocycles. The third-order valence-corrected chi connectivity index (χ3v) is 8.71. The van der Waals surface area contributed by atoms with Crippen LogP contribution < -0.4 is 0 Å². The summed E-state index contributed by atoms with van der Waals surface area (Å²) in [5, 5.41) is 10.6. The molecule has 4 fully saturated rings. The van der Waals surface area contributed by atoms with Crippen molar-refractivity contribution in [3.63, 3.8) is 0 Å². The van der Waals surface area contributed by atoms with Gasteiger partial charge in [0.05, 0.1) is 18.3 Å². The lowest BCUT2D eigenvalue weighted by molar-refractivity contribution is -0.442. The van der Waals surface area contributed by atoms with Gasteiger partial charge in [0, 0.05) is 0 Å². The van der Waals surface area contributed by atoms with Gasteiger partial charge in [-0.05, 0) is 35.0 Å². The molecular weight excluding hydrogens is 316 g/mol. The number of ether oxygens (including phenoxy) is 3. The molecule has 0 spiro atoms. The standard InChI is InChI=1S/C21H36O4/c1-8-10(3)11(9-2)23-17-14(22)18-19(17)25-16-13-12(15(16)24-18)20(4,5)21(13,6)7/h10-19,22H,8-9H2,1-7H3. The van der Waals surface area contributed by atoms with Crippen LogP contribution in [0, 0.1) is 28.6 Å². The number of hydrogen-bond acceptors (Lipinski definition) is 4. The molecule has 1 aliphatic heterocycles. The summed E-state index contributed by atoms with van der Waals surface area (Å²) in [6, 6.07) is 0. The van der Waals surface area contributed by atoms with Gasteiger partial charge in [-0.1, -0.05) is 54.9 Å². The van der Waals surface area contributed by atoms with E-state index in [1.807, 2.05) is 0 Å². The van der Waals surface area contributed by atoms with Gasteiger partial charge in [-0.15, -0.1) is 0 Å². The molecule has 144 valence electrons. The highest BCUT2D eigenvalue weighted by Gasteiger charge is 2.78. The van der Waals surface area contributed by atoms with Gasteiger partial charge in [0.25, 0.3) is 0 Å². The van der Waals surface area contributed by atoms with E-state index in [1.54, 1.807) is 0 Å². The van der Waals surface area contributed by atoms with Crippen molar-refractivity contribution in [2.45, 2.75) is 104 Å². The van der Waals surface area contributed by atoms with Crippen LogP contribution in [0.5, 0.6) is 0 Å². The summed E-state index contributed by atoms with van der Waals surface area (Å²) in [7, 11) is 0. The fraction of sp³-hybridized carbons (Fsp3) is 1.00. The van der Waals surface area contributed by atoms with E-state index >= 15 is 0 Å². The zero-order chi connectivity index (χ0) is 18.3. The zero-order valence-electron chi connectivity index (χ0n) is 16.9. The third-order valence-electron chi connectivity index (χ3n) is 8.71. The van der Waals surface area contributed by atoms with Gasteiger partial charge < -0.3 is 19.3 Å². The van der Waals surface area contributed by atoms with E-state index in [0.717, 1.165) is 12.8 Å². The second-order valence-corrected chi connectivity index (χ2v) is 10.0. The number of fused-ring (bicyclic) bond motifs is 5. The zero-order valence-corrected chi connectivity index (χ0v) is 16.9. The molecule has 3 aliphatic carbocycles. The molecule has 4 heteroatoms. The number of aliphatic hydroxyl groups is 1. The van der Waals surface area contributed by atoms with E-state index in [1.165, 1.54) is 0 Å². The summed E-state index contributed by atoms with van der Waals surface area (Å²) in [6.07, 6.45) is 1.47. The molecule has 10 atom stereocenters. The highest BCUT2D eigenvalue weighted by molar-refractivity contribution is 5.25. The van der Waals surface area contributed by atoms with Crippen LogP contribution in [-0.4, -0.2) is 47.8 Å². The topological polar surface area (TPSA) is 47.9 Å². The normalized spacial score (nSPS) is 50.9. The predicted molar refractivity (Wildman–Crippen MR) is 96.3 cm³/mol. The van der Waals surface area contributed by atoms with Crippen LogP contribution in [0.3, 0.4) is 0 Å². The molecule has 0 aromatic rings. The van der Waals surface area contributed by atoms with Crippen molar-refractivity contribution in [2.75, 3.05) is 0 Å². The number of rotatable bonds is 5. The van der Waals surface area contributed by atoms with E-state index in [4.69, 9.17) is 14.2 Å². The molecule has 0 bridgehead atoms. The monoisotopic (exact) mass is 352 g/mol. The van der Waals surface area contributed by atoms with Gasteiger partial charge in [-0.3, -0.25) is 0 Å². The fourth-order valence-corrected chi connectivity index (χ4v) is 6.03. The minimum absolute atomic E-state index is 0.102. The molecule has 0 amide bonds. The minimum Gasteiger partial charge on any atom is -0.387 e. The molecule has 4 nitrogen and oxygen atoms in total. The number of aliphatic hydroxyl groups excluding tert-OH is 1. The van der Waals surface area contributed by atoms with Crippen LogP contribution in [0.4, 0.5) is 0 Å². The van der Waals surface area contributed by atoms with Gasteiger partial charge in [0.1, 0.15) is 24.4 Å². The second-order valence-electron chi connectivity index (χ2n) is 10.0. The Balaban J connectivity index is 1.44. The second kappa shape index (κ2) is 5.67. The third kappa shape index (κ3) is 2.14. The van der Waals surface area contributed by atoms with Gasteiger partial charge in [0.15, 0.2) is 0 Å². The highest BCUT2D eigenvalue weighted by atomic mass is 16.6. The van der Waals surface area contributed by atoms with Crippen LogP contribution in [0.25, 0.3) is 0 Å². The molecule has 0 radical (unpaired) electrons. The first-order valence-corrected chi connectivity index (χ1v) is 10.3. The quantitative estimate of drug-likeness (QED) is 0.824. The summed E-state index contributed by atoms with van der Waals surface area (Å²) in [4.78, 5) is 0. The van der Waals surface area contributed by atoms with Crippen molar-refractivity contribution in [3.8, 4) is 0 Å². The fourth-order valence-electron chi connectivity index (χ4n) is 6.03. The lowest BCUT2D eigenvalue weighted by atomic mass is 9.31. The van der Waals surface area contributed by atoms with Crippen molar-refractivity contribution < 1.29 is 19.3 Å². The molecule has 10 unspecified atom stereocenters. The average Bonchev–Trinajstić information content (AvgIpc) is 2.55. The van der Waals surface area contributed by atoms with E-state index in [2.05, 4.69) is 48.5 Å². The summed E-state index contributed by atoms with van der Waals surface area (Å²) >= 11 is 0. The Bertz CT molecular complexity index is 530. The van der Waals surface area contributed by atoms with E-state index in [9.17, 15) is 5.11 Å². The Labute approximate surface area is 152 Å². The highest BCUT2D eigenvalue weighted by Crippen LogP contribution is 2.74. The van der Waals surface area contributed by atoms with Gasteiger partial charge in [-0.2, -0.15) is 0 Å². The van der Waals surface area contributed by atoms with Crippen LogP contribution in [-0.2, 0) is 14.2 Å². The molecule has 4 aliphatic rings. The Morgan fingerprint density at radius 1 is 0.880 bits per heavy atom. The van der Waals surface area contributed by atoms with Crippen molar-refractivity contribution in [3.05, 3.63) is 0 Å². The Kier molecular flexibility index (Phi) is 4.13. The van der Waals surface area contributed by atoms with Gasteiger partial charge in [-0.25, -0.2) is 0 Å². The minimum atomic E-state index is -0.556. The van der Waals surface area contributed by atoms with Crippen molar-refractivity contribution >= 4 is 0 Å². The summed E-state index contributed by atoms with van der Waals surface area (Å²) < 4.78 is 19.1. The molecule has 1 N–H and O–H groups in total. The van der Waals surface area contributed by atoms with Gasteiger partial charge in [0.2, 0.25) is 0 Å². The van der Waals surface area contributed by atoms with Crippen LogP contribution >= 0.6 is 0 Å². The van der Waals surface area contributed by atoms with Crippen molar-refractivity contribution in [1.82, 2.24) is 0 Å². The Morgan fingerprint density at radius 3 is 1.88 bits per heavy atom. The molecule has 25 heavy (non-hydrogen) atoms. The first-order valence-electron chi connectivity index (χ1n) is 10.3. The van der Waals surface area contributed by atoms with Crippen molar-refractivity contribution in [1.29, 1.82) is 0 Å². The summed E-state index contributed by atoms with van der Waals surface area (Å²) in [5.74, 6) is 1.63. The largest absolute Gasteiger partial charge is 0.387 e. The molecule has 0 aromatic heterocycles. The SMILES string of the molecule is CCC(C)C(CC)OC1C(O)C2OC3C(OC12)C1C3C(C)(C)C1(C)C. The maximum atomic E-state index is 10.6. The van der Waals surface area contributed by atoms with Crippen LogP contribution in [0.2, 0.25) is 0 Å². The lowest BCUT2D eigenvalue weighted by Crippen LogP contribution is -2.85. The maximum Gasteiger partial charge on any atom is 0.116 e. The maximum absolute atomic E-state index is 10.6. The van der Waals surface area contributed by atoms with Crippen LogP contribution in [0.1, 0.15) is 61.3 Å². The Morgan fingerprint density at radius 2 is 1.40 bits per heavy atom. The smallest absolute Gasteiger partial charge is 0.116 e. The first-order chi connectivity index (χ1) is 11.7. The molecule has 3 saturated carbocycles. The first kappa shape index (κ1) is 18.2. The van der Waals surface area contributed by atoms with E-state index in [-0.39, 0.29) is 47.5 Å². The molecule has 0 aromatic carbocycles. The summed E-state index contributed by atoms with van der Waals surface area (Å²) in [6.45, 7) is 16.0. The molecule has 1 saturated heterocycles. The lowest BCUT2D eigenvalue weighted by Gasteiger charge is -2.78. The Hall–Kier alpha value is -0.160. The molecule has 4 rings (SSSR count). The number of hydrogen-bond donors (Lipinski definition) is 1. The average molecular weight is 353 g/mol. The predicted octanol–water partition coefficient (Wildman–Crippen LogP) is 3.40.